The van der Waals surface area contributed by atoms with Crippen molar-refractivity contribution in [3.8, 4) is 17.2 Å². The zero-order chi connectivity index (χ0) is 23.9. The molecule has 8 heteroatoms. The molecule has 0 aliphatic carbocycles. The molecule has 1 aliphatic heterocycles. The lowest BCUT2D eigenvalue weighted by molar-refractivity contribution is 0.0728. The number of benzene rings is 3. The second kappa shape index (κ2) is 10.6. The van der Waals surface area contributed by atoms with Gasteiger partial charge in [0.2, 0.25) is 0 Å². The summed E-state index contributed by atoms with van der Waals surface area (Å²) in [5.41, 5.74) is 6.18. The van der Waals surface area contributed by atoms with Crippen molar-refractivity contribution in [3.63, 3.8) is 0 Å². The third-order valence-electron chi connectivity index (χ3n) is 5.16. The molecule has 0 bridgehead atoms. The van der Waals surface area contributed by atoms with Crippen LogP contribution in [0, 0.1) is 0 Å². The number of fused-ring (bicyclic) bond motifs is 1. The third kappa shape index (κ3) is 5.41. The smallest absolute Gasteiger partial charge is 0.343 e. The van der Waals surface area contributed by atoms with Crippen molar-refractivity contribution in [2.75, 3.05) is 13.7 Å². The van der Waals surface area contributed by atoms with E-state index in [1.807, 2.05) is 19.1 Å². The number of rotatable bonds is 8. The number of hydrazone groups is 1. The van der Waals surface area contributed by atoms with Crippen LogP contribution < -0.4 is 19.6 Å². The molecule has 0 radical (unpaired) electrons. The normalized spacial score (nSPS) is 12.3. The van der Waals surface area contributed by atoms with Gasteiger partial charge in [0.15, 0.2) is 11.5 Å². The minimum absolute atomic E-state index is 0.282. The highest BCUT2D eigenvalue weighted by Crippen LogP contribution is 2.29. The topological polar surface area (TPSA) is 95.5 Å². The van der Waals surface area contributed by atoms with Crippen LogP contribution in [-0.2, 0) is 18.0 Å². The van der Waals surface area contributed by atoms with Crippen LogP contribution in [0.4, 0.5) is 0 Å². The summed E-state index contributed by atoms with van der Waals surface area (Å²) in [5.74, 6) is 0.480. The van der Waals surface area contributed by atoms with Crippen molar-refractivity contribution in [2.45, 2.75) is 20.1 Å². The zero-order valence-electron chi connectivity index (χ0n) is 18.9. The van der Waals surface area contributed by atoms with Crippen LogP contribution in [0.3, 0.4) is 0 Å². The zero-order valence-corrected chi connectivity index (χ0v) is 18.9. The standard InChI is InChI=1S/C26H24N2O6/c1-3-33-24-12-17(4-11-23(24)34-26(30)18-7-9-22(31-2)10-8-18)14-27-28-25(29)19-5-6-20-15-32-16-21(20)13-19/h4-14H,3,15-16H2,1-2H3,(H,28,29). The molecule has 1 amide bonds. The second-order valence-corrected chi connectivity index (χ2v) is 7.43. The van der Waals surface area contributed by atoms with Crippen molar-refractivity contribution in [3.05, 3.63) is 88.5 Å². The summed E-state index contributed by atoms with van der Waals surface area (Å²) < 4.78 is 21.6. The Kier molecular flexibility index (Phi) is 7.19. The Bertz CT molecular complexity index is 1220. The lowest BCUT2D eigenvalue weighted by Crippen LogP contribution is -2.17. The minimum Gasteiger partial charge on any atom is -0.497 e. The summed E-state index contributed by atoms with van der Waals surface area (Å²) in [7, 11) is 1.56. The summed E-state index contributed by atoms with van der Waals surface area (Å²) in [6, 6.07) is 17.1. The lowest BCUT2D eigenvalue weighted by atomic mass is 10.1. The Balaban J connectivity index is 1.42. The van der Waals surface area contributed by atoms with Crippen LogP contribution in [0.1, 0.15) is 44.3 Å². The van der Waals surface area contributed by atoms with E-state index in [1.165, 1.54) is 6.21 Å². The van der Waals surface area contributed by atoms with Crippen molar-refractivity contribution >= 4 is 18.1 Å². The van der Waals surface area contributed by atoms with Crippen LogP contribution >= 0.6 is 0 Å². The maximum atomic E-state index is 12.5. The fraction of sp³-hybridized carbons (Fsp3) is 0.192. The maximum Gasteiger partial charge on any atom is 0.343 e. The fourth-order valence-electron chi connectivity index (χ4n) is 3.39. The highest BCUT2D eigenvalue weighted by atomic mass is 16.6. The van der Waals surface area contributed by atoms with Gasteiger partial charge in [-0.1, -0.05) is 6.07 Å². The van der Waals surface area contributed by atoms with Gasteiger partial charge in [0.05, 0.1) is 38.7 Å². The average Bonchev–Trinajstić information content (AvgIpc) is 3.33. The number of carbonyl (C=O) groups excluding carboxylic acids is 2. The second-order valence-electron chi connectivity index (χ2n) is 7.43. The number of ether oxygens (including phenoxy) is 4. The Morgan fingerprint density at radius 2 is 1.74 bits per heavy atom. The van der Waals surface area contributed by atoms with E-state index in [0.717, 1.165) is 11.1 Å². The number of nitrogens with one attached hydrogen (secondary N) is 1. The highest BCUT2D eigenvalue weighted by Gasteiger charge is 2.15. The van der Waals surface area contributed by atoms with E-state index in [1.54, 1.807) is 55.6 Å². The molecule has 0 fully saturated rings. The predicted molar refractivity (Wildman–Crippen MR) is 126 cm³/mol. The average molecular weight is 460 g/mol. The minimum atomic E-state index is -0.517. The van der Waals surface area contributed by atoms with E-state index >= 15 is 0 Å². The Morgan fingerprint density at radius 3 is 2.50 bits per heavy atom. The molecule has 1 N–H and O–H groups in total. The molecule has 0 unspecified atom stereocenters. The molecule has 3 aromatic rings. The van der Waals surface area contributed by atoms with Gasteiger partial charge >= 0.3 is 5.97 Å². The first-order valence-electron chi connectivity index (χ1n) is 10.7. The molecular formula is C26H24N2O6. The van der Waals surface area contributed by atoms with Gasteiger partial charge in [-0.3, -0.25) is 4.79 Å². The van der Waals surface area contributed by atoms with E-state index in [2.05, 4.69) is 10.5 Å². The van der Waals surface area contributed by atoms with Gasteiger partial charge in [-0.15, -0.1) is 0 Å². The molecule has 8 nitrogen and oxygen atoms in total. The van der Waals surface area contributed by atoms with Gasteiger partial charge in [-0.25, -0.2) is 10.2 Å². The van der Waals surface area contributed by atoms with Crippen molar-refractivity contribution < 1.29 is 28.5 Å². The summed E-state index contributed by atoms with van der Waals surface area (Å²) in [6.07, 6.45) is 1.49. The van der Waals surface area contributed by atoms with Crippen molar-refractivity contribution in [1.82, 2.24) is 5.43 Å². The number of hydrogen-bond acceptors (Lipinski definition) is 7. The summed E-state index contributed by atoms with van der Waals surface area (Å²) in [4.78, 5) is 24.9. The molecule has 0 aromatic heterocycles. The maximum absolute atomic E-state index is 12.5. The molecular weight excluding hydrogens is 436 g/mol. The lowest BCUT2D eigenvalue weighted by Gasteiger charge is -2.11. The molecule has 3 aromatic carbocycles. The SMILES string of the molecule is CCOc1cc(C=NNC(=O)c2ccc3c(c2)COC3)ccc1OC(=O)c1ccc(OC)cc1. The Labute approximate surface area is 197 Å². The molecule has 34 heavy (non-hydrogen) atoms. The van der Waals surface area contributed by atoms with Gasteiger partial charge < -0.3 is 18.9 Å². The molecule has 0 spiro atoms. The van der Waals surface area contributed by atoms with E-state index in [4.69, 9.17) is 18.9 Å². The van der Waals surface area contributed by atoms with Crippen LogP contribution in [0.15, 0.2) is 65.8 Å². The summed E-state index contributed by atoms with van der Waals surface area (Å²) in [6.45, 7) is 3.29. The first kappa shape index (κ1) is 23.0. The summed E-state index contributed by atoms with van der Waals surface area (Å²) >= 11 is 0. The number of esters is 1. The van der Waals surface area contributed by atoms with Crippen molar-refractivity contribution in [1.29, 1.82) is 0 Å². The van der Waals surface area contributed by atoms with E-state index < -0.39 is 5.97 Å². The molecule has 0 atom stereocenters. The quantitative estimate of drug-likeness (QED) is 0.235. The number of methoxy groups -OCH3 is 1. The van der Waals surface area contributed by atoms with Crippen LogP contribution in [0.25, 0.3) is 0 Å². The molecule has 0 saturated heterocycles. The van der Waals surface area contributed by atoms with Gasteiger partial charge in [0.1, 0.15) is 5.75 Å². The van der Waals surface area contributed by atoms with E-state index in [-0.39, 0.29) is 11.7 Å². The van der Waals surface area contributed by atoms with Gasteiger partial charge in [0, 0.05) is 5.56 Å². The van der Waals surface area contributed by atoms with Crippen molar-refractivity contribution in [2.24, 2.45) is 5.10 Å². The number of carbonyl (C=O) groups is 2. The van der Waals surface area contributed by atoms with Crippen LogP contribution in [0.5, 0.6) is 17.2 Å². The van der Waals surface area contributed by atoms with Gasteiger partial charge in [-0.05, 0) is 78.2 Å². The third-order valence-corrected chi connectivity index (χ3v) is 5.16. The van der Waals surface area contributed by atoms with E-state index in [0.29, 0.717) is 48.0 Å². The highest BCUT2D eigenvalue weighted by molar-refractivity contribution is 5.95. The summed E-state index contributed by atoms with van der Waals surface area (Å²) in [5, 5.41) is 4.04. The Morgan fingerprint density at radius 1 is 0.971 bits per heavy atom. The number of amides is 1. The van der Waals surface area contributed by atoms with Gasteiger partial charge in [0.25, 0.3) is 5.91 Å². The molecule has 4 rings (SSSR count). The monoisotopic (exact) mass is 460 g/mol. The first-order chi connectivity index (χ1) is 16.6. The van der Waals surface area contributed by atoms with Crippen LogP contribution in [0.2, 0.25) is 0 Å². The first-order valence-corrected chi connectivity index (χ1v) is 10.7. The number of hydrogen-bond donors (Lipinski definition) is 1. The van der Waals surface area contributed by atoms with Gasteiger partial charge in [-0.2, -0.15) is 5.10 Å². The number of nitrogens with zero attached hydrogens (tertiary/aromatic N) is 1. The van der Waals surface area contributed by atoms with Crippen LogP contribution in [-0.4, -0.2) is 31.8 Å². The van der Waals surface area contributed by atoms with E-state index in [9.17, 15) is 9.59 Å². The molecule has 174 valence electrons. The Hall–Kier alpha value is -4.17. The predicted octanol–water partition coefficient (Wildman–Crippen LogP) is 4.11. The largest absolute Gasteiger partial charge is 0.497 e. The molecule has 1 aliphatic rings. The fourth-order valence-corrected chi connectivity index (χ4v) is 3.39. The molecule has 1 heterocycles. The molecule has 0 saturated carbocycles.